The summed E-state index contributed by atoms with van der Waals surface area (Å²) in [6.45, 7) is 0.713. The predicted octanol–water partition coefficient (Wildman–Crippen LogP) is 2.59. The molecule has 5 heteroatoms. The van der Waals surface area contributed by atoms with Gasteiger partial charge >= 0.3 is 0 Å². The Hall–Kier alpha value is -2.56. The van der Waals surface area contributed by atoms with Gasteiger partial charge in [-0.25, -0.2) is 9.97 Å². The number of rotatable bonds is 4. The van der Waals surface area contributed by atoms with Crippen molar-refractivity contribution in [2.75, 3.05) is 12.4 Å². The largest absolute Gasteiger partial charge is 0.497 e. The van der Waals surface area contributed by atoms with Crippen LogP contribution in [0.15, 0.2) is 42.9 Å². The average molecular weight is 268 g/mol. The Kier molecular flexibility index (Phi) is 3.25. The van der Waals surface area contributed by atoms with Crippen molar-refractivity contribution in [1.82, 2.24) is 14.5 Å². The summed E-state index contributed by atoms with van der Waals surface area (Å²) in [6, 6.07) is 10.0. The summed E-state index contributed by atoms with van der Waals surface area (Å²) in [5, 5.41) is 4.38. The maximum Gasteiger partial charge on any atom is 0.145 e. The summed E-state index contributed by atoms with van der Waals surface area (Å²) in [5.41, 5.74) is 2.10. The van der Waals surface area contributed by atoms with Gasteiger partial charge in [0.05, 0.1) is 12.5 Å². The second-order valence-electron chi connectivity index (χ2n) is 4.59. The molecule has 0 radical (unpaired) electrons. The maximum absolute atomic E-state index is 5.15. The van der Waals surface area contributed by atoms with Crippen molar-refractivity contribution in [2.24, 2.45) is 7.05 Å². The molecule has 2 heterocycles. The molecule has 1 aromatic carbocycles. The van der Waals surface area contributed by atoms with E-state index in [0.29, 0.717) is 6.54 Å². The van der Waals surface area contributed by atoms with E-state index in [2.05, 4.69) is 15.3 Å². The Morgan fingerprint density at radius 1 is 1.15 bits per heavy atom. The second-order valence-corrected chi connectivity index (χ2v) is 4.59. The number of nitrogens with zero attached hydrogens (tertiary/aromatic N) is 3. The highest BCUT2D eigenvalue weighted by atomic mass is 16.5. The Morgan fingerprint density at radius 3 is 2.70 bits per heavy atom. The van der Waals surface area contributed by atoms with Gasteiger partial charge < -0.3 is 14.6 Å². The highest BCUT2D eigenvalue weighted by molar-refractivity contribution is 5.87. The zero-order chi connectivity index (χ0) is 13.9. The van der Waals surface area contributed by atoms with Gasteiger partial charge in [0.25, 0.3) is 0 Å². The van der Waals surface area contributed by atoms with Crippen molar-refractivity contribution in [2.45, 2.75) is 6.54 Å². The molecule has 0 atom stereocenters. The smallest absolute Gasteiger partial charge is 0.145 e. The number of fused-ring (bicyclic) bond motifs is 1. The monoisotopic (exact) mass is 268 g/mol. The first-order chi connectivity index (χ1) is 9.78. The Balaban J connectivity index is 1.79. The third-order valence-corrected chi connectivity index (χ3v) is 3.28. The molecular formula is C15H16N4O. The molecule has 0 bridgehead atoms. The molecule has 5 nitrogen and oxygen atoms in total. The minimum atomic E-state index is 0.713. The Bertz CT molecular complexity index is 718. The number of aromatic nitrogens is 3. The fraction of sp³-hybridized carbons (Fsp3) is 0.200. The first-order valence-corrected chi connectivity index (χ1v) is 6.41. The van der Waals surface area contributed by atoms with Crippen LogP contribution in [0.1, 0.15) is 5.56 Å². The summed E-state index contributed by atoms with van der Waals surface area (Å²) < 4.78 is 7.13. The summed E-state index contributed by atoms with van der Waals surface area (Å²) in [6.07, 6.45) is 3.57. The van der Waals surface area contributed by atoms with Crippen LogP contribution in [0.25, 0.3) is 11.0 Å². The zero-order valence-corrected chi connectivity index (χ0v) is 11.5. The number of aryl methyl sites for hydroxylation is 1. The molecule has 0 aliphatic heterocycles. The van der Waals surface area contributed by atoms with E-state index in [1.54, 1.807) is 13.4 Å². The highest BCUT2D eigenvalue weighted by Gasteiger charge is 2.06. The minimum absolute atomic E-state index is 0.713. The molecule has 20 heavy (non-hydrogen) atoms. The van der Waals surface area contributed by atoms with Crippen molar-refractivity contribution >= 4 is 16.9 Å². The van der Waals surface area contributed by atoms with Gasteiger partial charge in [-0.3, -0.25) is 0 Å². The fourth-order valence-corrected chi connectivity index (χ4v) is 2.15. The number of hydrogen-bond donors (Lipinski definition) is 1. The molecule has 0 saturated carbocycles. The van der Waals surface area contributed by atoms with Gasteiger partial charge in [-0.05, 0) is 23.8 Å². The molecule has 0 saturated heterocycles. The van der Waals surface area contributed by atoms with Crippen molar-refractivity contribution < 1.29 is 4.74 Å². The number of hydrogen-bond acceptors (Lipinski definition) is 4. The molecule has 0 amide bonds. The van der Waals surface area contributed by atoms with Crippen LogP contribution in [0.3, 0.4) is 0 Å². The van der Waals surface area contributed by atoms with Gasteiger partial charge in [0, 0.05) is 19.8 Å². The third kappa shape index (κ3) is 2.30. The first-order valence-electron chi connectivity index (χ1n) is 6.41. The van der Waals surface area contributed by atoms with Gasteiger partial charge in [-0.2, -0.15) is 0 Å². The van der Waals surface area contributed by atoms with Gasteiger partial charge in [0.15, 0.2) is 0 Å². The summed E-state index contributed by atoms with van der Waals surface area (Å²) >= 11 is 0. The van der Waals surface area contributed by atoms with E-state index in [1.165, 1.54) is 5.56 Å². The lowest BCUT2D eigenvalue weighted by molar-refractivity contribution is 0.414. The highest BCUT2D eigenvalue weighted by Crippen LogP contribution is 2.20. The normalized spacial score (nSPS) is 10.7. The van der Waals surface area contributed by atoms with Crippen LogP contribution in [0, 0.1) is 0 Å². The van der Waals surface area contributed by atoms with Gasteiger partial charge in [-0.15, -0.1) is 0 Å². The zero-order valence-electron chi connectivity index (χ0n) is 11.5. The number of nitrogens with one attached hydrogen (secondary N) is 1. The van der Waals surface area contributed by atoms with E-state index in [0.717, 1.165) is 22.6 Å². The number of benzene rings is 1. The van der Waals surface area contributed by atoms with Crippen LogP contribution < -0.4 is 10.1 Å². The molecule has 3 rings (SSSR count). The lowest BCUT2D eigenvalue weighted by Crippen LogP contribution is -2.02. The molecule has 3 aromatic rings. The summed E-state index contributed by atoms with van der Waals surface area (Å²) in [5.74, 6) is 1.72. The molecule has 102 valence electrons. The molecule has 0 spiro atoms. The predicted molar refractivity (Wildman–Crippen MR) is 78.8 cm³/mol. The van der Waals surface area contributed by atoms with Gasteiger partial charge in [0.1, 0.15) is 23.5 Å². The van der Waals surface area contributed by atoms with Crippen molar-refractivity contribution in [3.05, 3.63) is 48.4 Å². The topological polar surface area (TPSA) is 52.0 Å². The lowest BCUT2D eigenvalue weighted by Gasteiger charge is -2.07. The Morgan fingerprint density at radius 2 is 1.95 bits per heavy atom. The first kappa shape index (κ1) is 12.5. The van der Waals surface area contributed by atoms with Crippen molar-refractivity contribution in [3.63, 3.8) is 0 Å². The Labute approximate surface area is 117 Å². The molecular weight excluding hydrogens is 252 g/mol. The minimum Gasteiger partial charge on any atom is -0.497 e. The molecule has 0 unspecified atom stereocenters. The summed E-state index contributed by atoms with van der Waals surface area (Å²) in [4.78, 5) is 8.58. The van der Waals surface area contributed by atoms with Crippen LogP contribution >= 0.6 is 0 Å². The van der Waals surface area contributed by atoms with E-state index in [1.807, 2.05) is 48.1 Å². The van der Waals surface area contributed by atoms with E-state index in [-0.39, 0.29) is 0 Å². The van der Waals surface area contributed by atoms with Crippen molar-refractivity contribution in [3.8, 4) is 5.75 Å². The standard InChI is InChI=1S/C15H16N4O/c1-19-8-7-13-14(17-10-18-15(13)19)16-9-11-3-5-12(20-2)6-4-11/h3-8,10H,9H2,1-2H3,(H,16,17,18). The van der Waals surface area contributed by atoms with Crippen LogP contribution in [-0.2, 0) is 13.6 Å². The SMILES string of the molecule is COc1ccc(CNc2ncnc3c2ccn3C)cc1. The van der Waals surface area contributed by atoms with Crippen LogP contribution in [0.4, 0.5) is 5.82 Å². The summed E-state index contributed by atoms with van der Waals surface area (Å²) in [7, 11) is 3.64. The van der Waals surface area contributed by atoms with Crippen LogP contribution in [0.5, 0.6) is 5.75 Å². The van der Waals surface area contributed by atoms with E-state index >= 15 is 0 Å². The molecule has 0 fully saturated rings. The van der Waals surface area contributed by atoms with Gasteiger partial charge in [-0.1, -0.05) is 12.1 Å². The van der Waals surface area contributed by atoms with E-state index in [9.17, 15) is 0 Å². The second kappa shape index (κ2) is 5.21. The van der Waals surface area contributed by atoms with Gasteiger partial charge in [0.2, 0.25) is 0 Å². The lowest BCUT2D eigenvalue weighted by atomic mass is 10.2. The molecule has 0 aliphatic rings. The maximum atomic E-state index is 5.15. The number of methoxy groups -OCH3 is 1. The quantitative estimate of drug-likeness (QED) is 0.790. The average Bonchev–Trinajstić information content (AvgIpc) is 2.88. The molecule has 2 aromatic heterocycles. The van der Waals surface area contributed by atoms with Crippen LogP contribution in [-0.4, -0.2) is 21.6 Å². The molecule has 0 aliphatic carbocycles. The third-order valence-electron chi connectivity index (χ3n) is 3.28. The molecule has 1 N–H and O–H groups in total. The number of ether oxygens (including phenoxy) is 1. The van der Waals surface area contributed by atoms with E-state index < -0.39 is 0 Å². The fourth-order valence-electron chi connectivity index (χ4n) is 2.15. The van der Waals surface area contributed by atoms with Crippen LogP contribution in [0.2, 0.25) is 0 Å². The van der Waals surface area contributed by atoms with E-state index in [4.69, 9.17) is 4.74 Å². The number of anilines is 1. The van der Waals surface area contributed by atoms with Crippen molar-refractivity contribution in [1.29, 1.82) is 0 Å².